The molecule has 0 aliphatic carbocycles. The minimum Gasteiger partial charge on any atom is -0.496 e. The molecule has 2 atom stereocenters. The summed E-state index contributed by atoms with van der Waals surface area (Å²) in [5.74, 6) is 1.80. The molecule has 0 amide bonds. The van der Waals surface area contributed by atoms with Crippen molar-refractivity contribution in [3.63, 3.8) is 0 Å². The third kappa shape index (κ3) is 2.61. The van der Waals surface area contributed by atoms with Crippen molar-refractivity contribution in [1.82, 2.24) is 0 Å². The van der Waals surface area contributed by atoms with Crippen molar-refractivity contribution in [2.45, 2.75) is 32.4 Å². The molecule has 0 bridgehead atoms. The molecule has 1 aliphatic rings. The third-order valence-electron chi connectivity index (χ3n) is 4.09. The predicted octanol–water partition coefficient (Wildman–Crippen LogP) is 3.84. The van der Waals surface area contributed by atoms with Gasteiger partial charge in [-0.05, 0) is 43.2 Å². The van der Waals surface area contributed by atoms with Crippen molar-refractivity contribution in [3.8, 4) is 11.5 Å². The van der Waals surface area contributed by atoms with Crippen LogP contribution in [0.1, 0.15) is 40.8 Å². The maximum atomic E-state index is 6.33. The van der Waals surface area contributed by atoms with Crippen LogP contribution in [0.2, 0.25) is 0 Å². The number of hydrogen-bond donors (Lipinski definition) is 1. The second kappa shape index (κ2) is 5.41. The lowest BCUT2D eigenvalue weighted by atomic mass is 9.92. The number of rotatable bonds is 2. The zero-order valence-corrected chi connectivity index (χ0v) is 12.7. The number of nitrogens with two attached hydrogens (primary N) is 1. The number of methoxy groups -OCH3 is 1. The Morgan fingerprint density at radius 2 is 1.95 bits per heavy atom. The van der Waals surface area contributed by atoms with Crippen LogP contribution < -0.4 is 15.2 Å². The molecule has 0 spiro atoms. The van der Waals surface area contributed by atoms with E-state index in [1.165, 1.54) is 5.56 Å². The Hall–Kier alpha value is -2.00. The molecule has 1 aliphatic heterocycles. The lowest BCUT2D eigenvalue weighted by molar-refractivity contribution is 0.161. The fraction of sp³-hybridized carbons (Fsp3) is 0.333. The highest BCUT2D eigenvalue weighted by Gasteiger charge is 2.27. The molecule has 1 unspecified atom stereocenters. The van der Waals surface area contributed by atoms with Gasteiger partial charge in [0.2, 0.25) is 0 Å². The van der Waals surface area contributed by atoms with Crippen molar-refractivity contribution in [1.29, 1.82) is 0 Å². The number of ether oxygens (including phenoxy) is 2. The maximum Gasteiger partial charge on any atom is 0.126 e. The van der Waals surface area contributed by atoms with Crippen LogP contribution in [0, 0.1) is 13.8 Å². The fourth-order valence-electron chi connectivity index (χ4n) is 2.93. The van der Waals surface area contributed by atoms with Crippen LogP contribution in [0.3, 0.4) is 0 Å². The van der Waals surface area contributed by atoms with Gasteiger partial charge in [-0.25, -0.2) is 0 Å². The normalized spacial score (nSPS) is 20.6. The summed E-state index contributed by atoms with van der Waals surface area (Å²) in [6.45, 7) is 4.12. The van der Waals surface area contributed by atoms with Gasteiger partial charge in [-0.15, -0.1) is 0 Å². The molecule has 0 radical (unpaired) electrons. The van der Waals surface area contributed by atoms with E-state index in [1.807, 2.05) is 19.1 Å². The number of aryl methyl sites for hydroxylation is 2. The van der Waals surface area contributed by atoms with Gasteiger partial charge in [0, 0.05) is 18.0 Å². The zero-order chi connectivity index (χ0) is 15.0. The summed E-state index contributed by atoms with van der Waals surface area (Å²) in [7, 11) is 1.69. The van der Waals surface area contributed by atoms with Gasteiger partial charge in [-0.2, -0.15) is 0 Å². The Bertz CT molecular complexity index is 666. The standard InChI is InChI=1S/C18H21NO2/c1-11-4-6-17-14(8-11)15(19)10-18(21-17)13-5-7-16(20-3)12(2)9-13/h4-9,15,18H,10,19H2,1-3H3/t15-,18?/m1/s1. The molecular weight excluding hydrogens is 262 g/mol. The molecule has 2 aromatic carbocycles. The molecule has 3 nitrogen and oxygen atoms in total. The first-order valence-corrected chi connectivity index (χ1v) is 7.26. The van der Waals surface area contributed by atoms with Gasteiger partial charge in [0.15, 0.2) is 0 Å². The van der Waals surface area contributed by atoms with Gasteiger partial charge in [0.1, 0.15) is 17.6 Å². The van der Waals surface area contributed by atoms with E-state index in [4.69, 9.17) is 15.2 Å². The average Bonchev–Trinajstić information content (AvgIpc) is 2.47. The van der Waals surface area contributed by atoms with Gasteiger partial charge >= 0.3 is 0 Å². The summed E-state index contributed by atoms with van der Waals surface area (Å²) in [6.07, 6.45) is 0.794. The molecule has 2 aromatic rings. The summed E-state index contributed by atoms with van der Waals surface area (Å²) in [4.78, 5) is 0. The first-order chi connectivity index (χ1) is 10.1. The molecule has 3 heteroatoms. The van der Waals surface area contributed by atoms with Crippen LogP contribution in [0.5, 0.6) is 11.5 Å². The number of benzene rings is 2. The molecule has 0 aromatic heterocycles. The minimum atomic E-state index is -0.000174. The summed E-state index contributed by atoms with van der Waals surface area (Å²) in [5.41, 5.74) is 10.9. The second-order valence-electron chi connectivity index (χ2n) is 5.72. The maximum absolute atomic E-state index is 6.33. The SMILES string of the molecule is COc1ccc(C2C[C@@H](N)c3cc(C)ccc3O2)cc1C. The predicted molar refractivity (Wildman–Crippen MR) is 83.8 cm³/mol. The van der Waals surface area contributed by atoms with E-state index in [1.54, 1.807) is 7.11 Å². The molecule has 0 saturated heterocycles. The van der Waals surface area contributed by atoms with Crippen LogP contribution >= 0.6 is 0 Å². The van der Waals surface area contributed by atoms with E-state index in [-0.39, 0.29) is 12.1 Å². The largest absolute Gasteiger partial charge is 0.496 e. The van der Waals surface area contributed by atoms with Crippen molar-refractivity contribution in [2.75, 3.05) is 7.11 Å². The van der Waals surface area contributed by atoms with Gasteiger partial charge in [-0.1, -0.05) is 23.8 Å². The van der Waals surface area contributed by atoms with E-state index in [0.717, 1.165) is 34.6 Å². The van der Waals surface area contributed by atoms with Crippen LogP contribution in [0.15, 0.2) is 36.4 Å². The van der Waals surface area contributed by atoms with E-state index < -0.39 is 0 Å². The topological polar surface area (TPSA) is 44.5 Å². The van der Waals surface area contributed by atoms with Crippen molar-refractivity contribution >= 4 is 0 Å². The summed E-state index contributed by atoms with van der Waals surface area (Å²) in [5, 5.41) is 0. The zero-order valence-electron chi connectivity index (χ0n) is 12.7. The molecule has 0 fully saturated rings. The van der Waals surface area contributed by atoms with E-state index in [2.05, 4.69) is 31.2 Å². The smallest absolute Gasteiger partial charge is 0.126 e. The quantitative estimate of drug-likeness (QED) is 0.911. The van der Waals surface area contributed by atoms with Gasteiger partial charge in [-0.3, -0.25) is 0 Å². The Labute approximate surface area is 125 Å². The molecule has 3 rings (SSSR count). The van der Waals surface area contributed by atoms with Crippen LogP contribution in [-0.2, 0) is 0 Å². The average molecular weight is 283 g/mol. The number of hydrogen-bond acceptors (Lipinski definition) is 3. The lowest BCUT2D eigenvalue weighted by Crippen LogP contribution is -2.24. The Morgan fingerprint density at radius 1 is 1.14 bits per heavy atom. The first-order valence-electron chi connectivity index (χ1n) is 7.26. The van der Waals surface area contributed by atoms with Gasteiger partial charge in [0.25, 0.3) is 0 Å². The van der Waals surface area contributed by atoms with Crippen LogP contribution in [0.25, 0.3) is 0 Å². The summed E-state index contributed by atoms with van der Waals surface area (Å²) in [6, 6.07) is 12.4. The van der Waals surface area contributed by atoms with Crippen LogP contribution in [0.4, 0.5) is 0 Å². The molecule has 21 heavy (non-hydrogen) atoms. The Kier molecular flexibility index (Phi) is 3.60. The highest BCUT2D eigenvalue weighted by molar-refractivity contribution is 5.43. The van der Waals surface area contributed by atoms with Gasteiger partial charge in [0.05, 0.1) is 7.11 Å². The van der Waals surface area contributed by atoms with Crippen LogP contribution in [-0.4, -0.2) is 7.11 Å². The monoisotopic (exact) mass is 283 g/mol. The number of fused-ring (bicyclic) bond motifs is 1. The summed E-state index contributed by atoms with van der Waals surface area (Å²) >= 11 is 0. The fourth-order valence-corrected chi connectivity index (χ4v) is 2.93. The van der Waals surface area contributed by atoms with Crippen molar-refractivity contribution in [3.05, 3.63) is 58.7 Å². The van der Waals surface area contributed by atoms with E-state index in [0.29, 0.717) is 0 Å². The van der Waals surface area contributed by atoms with Gasteiger partial charge < -0.3 is 15.2 Å². The molecule has 2 N–H and O–H groups in total. The highest BCUT2D eigenvalue weighted by atomic mass is 16.5. The molecule has 0 saturated carbocycles. The van der Waals surface area contributed by atoms with Crippen molar-refractivity contribution < 1.29 is 9.47 Å². The minimum absolute atomic E-state index is 0.000174. The van der Waals surface area contributed by atoms with Crippen molar-refractivity contribution in [2.24, 2.45) is 5.73 Å². The second-order valence-corrected chi connectivity index (χ2v) is 5.72. The Morgan fingerprint density at radius 3 is 2.67 bits per heavy atom. The molecular formula is C18H21NO2. The van der Waals surface area contributed by atoms with E-state index in [9.17, 15) is 0 Å². The molecule has 110 valence electrons. The third-order valence-corrected chi connectivity index (χ3v) is 4.09. The first kappa shape index (κ1) is 14.0. The summed E-state index contributed by atoms with van der Waals surface area (Å²) < 4.78 is 11.5. The Balaban J connectivity index is 1.92. The lowest BCUT2D eigenvalue weighted by Gasteiger charge is -2.31. The van der Waals surface area contributed by atoms with E-state index >= 15 is 0 Å². The molecule has 1 heterocycles. The highest BCUT2D eigenvalue weighted by Crippen LogP contribution is 2.40.